The summed E-state index contributed by atoms with van der Waals surface area (Å²) >= 11 is 0. The van der Waals surface area contributed by atoms with Gasteiger partial charge in [-0.05, 0) is 31.2 Å². The molecular weight excluding hydrogens is 592 g/mol. The Kier molecular flexibility index (Phi) is 8.90. The van der Waals surface area contributed by atoms with E-state index in [0.29, 0.717) is 0 Å². The van der Waals surface area contributed by atoms with E-state index in [0.717, 1.165) is 6.07 Å². The Morgan fingerprint density at radius 3 is 2.14 bits per heavy atom. The molecule has 0 bridgehead atoms. The third-order valence-corrected chi connectivity index (χ3v) is 7.53. The maximum Gasteiger partial charge on any atom is 0.239 e. The molecule has 0 saturated carbocycles. The number of methoxy groups -OCH3 is 1. The van der Waals surface area contributed by atoms with Crippen LogP contribution in [0.1, 0.15) is 6.92 Å². The van der Waals surface area contributed by atoms with Crippen molar-refractivity contribution in [2.24, 2.45) is 0 Å². The third-order valence-electron chi connectivity index (χ3n) is 7.53. The zero-order chi connectivity index (χ0) is 32.0. The molecule has 0 amide bonds. The monoisotopic (exact) mass is 624 g/mol. The fourth-order valence-corrected chi connectivity index (χ4v) is 5.10. The molecule has 0 radical (unpaired) electrons. The van der Waals surface area contributed by atoms with Gasteiger partial charge >= 0.3 is 0 Å². The van der Waals surface area contributed by atoms with E-state index in [2.05, 4.69) is 0 Å². The van der Waals surface area contributed by atoms with Gasteiger partial charge in [0.05, 0.1) is 19.8 Å². The minimum absolute atomic E-state index is 0.133. The number of phenols is 3. The molecule has 3 heterocycles. The van der Waals surface area contributed by atoms with E-state index in [1.807, 2.05) is 0 Å². The fourth-order valence-electron chi connectivity index (χ4n) is 5.10. The van der Waals surface area contributed by atoms with Crippen molar-refractivity contribution >= 4 is 11.0 Å². The van der Waals surface area contributed by atoms with Crippen molar-refractivity contribution in [2.45, 2.75) is 68.3 Å². The van der Waals surface area contributed by atoms with E-state index in [1.54, 1.807) is 0 Å². The van der Waals surface area contributed by atoms with Crippen LogP contribution in [0, 0.1) is 0 Å². The van der Waals surface area contributed by atoms with Crippen LogP contribution in [0.4, 0.5) is 0 Å². The van der Waals surface area contributed by atoms with Crippen LogP contribution in [0.2, 0.25) is 0 Å². The van der Waals surface area contributed by atoms with Crippen molar-refractivity contribution in [2.75, 3.05) is 13.7 Å². The quantitative estimate of drug-likeness (QED) is 0.147. The number of benzene rings is 2. The van der Waals surface area contributed by atoms with Crippen molar-refractivity contribution in [1.82, 2.24) is 0 Å². The topological polar surface area (TPSA) is 258 Å². The molecule has 1 aromatic heterocycles. The molecule has 16 nitrogen and oxygen atoms in total. The molecule has 10 atom stereocenters. The number of hydrogen-bond donors (Lipinski definition) is 9. The molecule has 2 aliphatic heterocycles. The van der Waals surface area contributed by atoms with Gasteiger partial charge in [0.2, 0.25) is 23.2 Å². The summed E-state index contributed by atoms with van der Waals surface area (Å²) in [5.74, 6) is -2.66. The largest absolute Gasteiger partial charge is 0.508 e. The summed E-state index contributed by atoms with van der Waals surface area (Å²) in [6.07, 6.45) is -16.5. The maximum absolute atomic E-state index is 13.9. The fraction of sp³-hybridized carbons (Fsp3) is 0.464. The molecular formula is C28H32O16. The Morgan fingerprint density at radius 2 is 1.50 bits per heavy atom. The third kappa shape index (κ3) is 5.51. The lowest BCUT2D eigenvalue weighted by Crippen LogP contribution is -2.64. The van der Waals surface area contributed by atoms with E-state index in [-0.39, 0.29) is 28.4 Å². The molecule has 2 aromatic carbocycles. The van der Waals surface area contributed by atoms with Gasteiger partial charge in [-0.25, -0.2) is 0 Å². The number of hydrogen-bond acceptors (Lipinski definition) is 16. The average molecular weight is 625 g/mol. The van der Waals surface area contributed by atoms with Gasteiger partial charge in [0.15, 0.2) is 29.5 Å². The van der Waals surface area contributed by atoms with Crippen molar-refractivity contribution in [1.29, 1.82) is 0 Å². The SMILES string of the molecule is COc1c(O)cc(O)c2c(=O)c(O[C@H]3O[C@@H](CO)[C@H](O)[C@@H](O)[C@@H]3O[C@@H]3O[C@H](C)[C@@H](O)[C@H](O)[C@@H]3O)c(-c3ccc(O)cc3)oc12. The number of phenolic OH excluding ortho intramolecular Hbond substituents is 3. The predicted molar refractivity (Wildman–Crippen MR) is 145 cm³/mol. The molecule has 9 N–H and O–H groups in total. The van der Waals surface area contributed by atoms with Crippen LogP contribution >= 0.6 is 0 Å². The summed E-state index contributed by atoms with van der Waals surface area (Å²) in [7, 11) is 1.19. The normalized spacial score (nSPS) is 32.5. The van der Waals surface area contributed by atoms with Gasteiger partial charge in [-0.15, -0.1) is 0 Å². The molecule has 240 valence electrons. The summed E-state index contributed by atoms with van der Waals surface area (Å²) in [5, 5.41) is 92.3. The van der Waals surface area contributed by atoms with Gasteiger partial charge in [-0.3, -0.25) is 4.79 Å². The summed E-state index contributed by atoms with van der Waals surface area (Å²) in [6, 6.07) is 6.09. The van der Waals surface area contributed by atoms with Gasteiger partial charge in [0, 0.05) is 11.6 Å². The van der Waals surface area contributed by atoms with Gasteiger partial charge < -0.3 is 74.1 Å². The Bertz CT molecular complexity index is 1540. The Hall–Kier alpha value is -3.71. The summed E-state index contributed by atoms with van der Waals surface area (Å²) in [4.78, 5) is 13.9. The Morgan fingerprint density at radius 1 is 0.818 bits per heavy atom. The molecule has 2 saturated heterocycles. The van der Waals surface area contributed by atoms with E-state index < -0.39 is 96.1 Å². The summed E-state index contributed by atoms with van der Waals surface area (Å²) in [5.41, 5.74) is -1.24. The first-order valence-corrected chi connectivity index (χ1v) is 13.4. The average Bonchev–Trinajstić information content (AvgIpc) is 2.99. The van der Waals surface area contributed by atoms with Gasteiger partial charge in [-0.2, -0.15) is 0 Å². The Balaban J connectivity index is 1.64. The molecule has 0 unspecified atom stereocenters. The lowest BCUT2D eigenvalue weighted by Gasteiger charge is -2.45. The van der Waals surface area contributed by atoms with Crippen LogP contribution < -0.4 is 14.9 Å². The molecule has 44 heavy (non-hydrogen) atoms. The van der Waals surface area contributed by atoms with E-state index in [9.17, 15) is 50.8 Å². The number of aliphatic hydroxyl groups is 6. The van der Waals surface area contributed by atoms with Crippen LogP contribution in [0.5, 0.6) is 28.7 Å². The number of fused-ring (bicyclic) bond motifs is 1. The molecule has 5 rings (SSSR count). The highest BCUT2D eigenvalue weighted by Gasteiger charge is 2.51. The second-order valence-corrected chi connectivity index (χ2v) is 10.4. The molecule has 2 fully saturated rings. The lowest BCUT2D eigenvalue weighted by molar-refractivity contribution is -0.354. The number of rotatable bonds is 7. The van der Waals surface area contributed by atoms with Crippen LogP contribution in [-0.2, 0) is 14.2 Å². The van der Waals surface area contributed by atoms with Crippen molar-refractivity contribution in [3.8, 4) is 40.1 Å². The number of aliphatic hydroxyl groups excluding tert-OH is 6. The molecule has 2 aliphatic rings. The van der Waals surface area contributed by atoms with Gasteiger partial charge in [-0.1, -0.05) is 0 Å². The van der Waals surface area contributed by atoms with E-state index in [1.165, 1.54) is 38.3 Å². The first-order valence-electron chi connectivity index (χ1n) is 13.4. The van der Waals surface area contributed by atoms with E-state index >= 15 is 0 Å². The number of aromatic hydroxyl groups is 3. The highest BCUT2D eigenvalue weighted by Crippen LogP contribution is 2.43. The zero-order valence-electron chi connectivity index (χ0n) is 23.3. The molecule has 3 aromatic rings. The van der Waals surface area contributed by atoms with E-state index in [4.69, 9.17) is 28.1 Å². The number of ether oxygens (including phenoxy) is 5. The van der Waals surface area contributed by atoms with Crippen molar-refractivity contribution in [3.05, 3.63) is 40.6 Å². The molecule has 0 aliphatic carbocycles. The minimum atomic E-state index is -1.89. The van der Waals surface area contributed by atoms with Crippen molar-refractivity contribution < 1.29 is 74.1 Å². The summed E-state index contributed by atoms with van der Waals surface area (Å²) in [6.45, 7) is 0.570. The maximum atomic E-state index is 13.9. The Labute approximate surface area is 248 Å². The predicted octanol–water partition coefficient (Wildman–Crippen LogP) is -1.38. The van der Waals surface area contributed by atoms with Crippen molar-refractivity contribution in [3.63, 3.8) is 0 Å². The standard InChI is InChI=1S/C28H32O16/c1-9-16(33)19(36)21(38)27(40-9)44-26-20(37)17(34)14(8-29)41-28(26)43-25-18(35)15-12(31)7-13(32)23(39-2)24(15)42-22(25)10-3-5-11(30)6-4-10/h3-7,9,14,16-17,19-21,26-34,36-38H,8H2,1-2H3/t9-,14+,16-,17+,19+,20-,21+,26+,27+,28-/m1/s1. The zero-order valence-corrected chi connectivity index (χ0v) is 23.3. The van der Waals surface area contributed by atoms with Crippen LogP contribution in [0.15, 0.2) is 39.5 Å². The first kappa shape index (κ1) is 31.7. The van der Waals surface area contributed by atoms with Gasteiger partial charge in [0.1, 0.15) is 53.5 Å². The van der Waals surface area contributed by atoms with Crippen LogP contribution in [0.3, 0.4) is 0 Å². The second-order valence-electron chi connectivity index (χ2n) is 10.4. The lowest BCUT2D eigenvalue weighted by atomic mass is 9.97. The van der Waals surface area contributed by atoms with Crippen LogP contribution in [-0.4, -0.2) is 121 Å². The van der Waals surface area contributed by atoms with Gasteiger partial charge in [0.25, 0.3) is 0 Å². The van der Waals surface area contributed by atoms with Crippen LogP contribution in [0.25, 0.3) is 22.3 Å². The molecule has 0 spiro atoms. The smallest absolute Gasteiger partial charge is 0.239 e. The molecule has 16 heteroatoms. The summed E-state index contributed by atoms with van der Waals surface area (Å²) < 4.78 is 33.8. The highest BCUT2D eigenvalue weighted by molar-refractivity contribution is 5.93. The first-order chi connectivity index (χ1) is 20.9. The second kappa shape index (κ2) is 12.4. The minimum Gasteiger partial charge on any atom is -0.508 e. The highest BCUT2D eigenvalue weighted by atomic mass is 16.8.